The molecule has 1 fully saturated rings. The molecule has 76 valence electrons. The van der Waals surface area contributed by atoms with E-state index in [1.54, 1.807) is 26.1 Å². The number of amides is 2. The third kappa shape index (κ3) is 2.88. The van der Waals surface area contributed by atoms with E-state index in [-0.39, 0.29) is 6.03 Å². The summed E-state index contributed by atoms with van der Waals surface area (Å²) in [6, 6.07) is 0.279. The van der Waals surface area contributed by atoms with Crippen LogP contribution in [-0.2, 0) is 4.74 Å². The maximum Gasteiger partial charge on any atom is 0.317 e. The minimum atomic E-state index is -0.0123. The summed E-state index contributed by atoms with van der Waals surface area (Å²) in [5.74, 6) is 0. The van der Waals surface area contributed by atoms with Gasteiger partial charge in [0.2, 0.25) is 0 Å². The van der Waals surface area contributed by atoms with Crippen molar-refractivity contribution in [3.8, 4) is 0 Å². The van der Waals surface area contributed by atoms with E-state index in [1.165, 1.54) is 0 Å². The monoisotopic (exact) mass is 186 g/mol. The van der Waals surface area contributed by atoms with Crippen LogP contribution in [0.3, 0.4) is 0 Å². The molecule has 4 nitrogen and oxygen atoms in total. The molecule has 2 unspecified atom stereocenters. The van der Waals surface area contributed by atoms with E-state index in [2.05, 4.69) is 5.32 Å². The van der Waals surface area contributed by atoms with Crippen molar-refractivity contribution in [3.63, 3.8) is 0 Å². The normalized spacial score (nSPS) is 27.3. The Hall–Kier alpha value is -0.770. The maximum atomic E-state index is 11.3. The van der Waals surface area contributed by atoms with Crippen molar-refractivity contribution in [2.24, 2.45) is 0 Å². The van der Waals surface area contributed by atoms with Crippen molar-refractivity contribution < 1.29 is 9.53 Å². The molecule has 0 bridgehead atoms. The minimum Gasteiger partial charge on any atom is -0.381 e. The summed E-state index contributed by atoms with van der Waals surface area (Å²) < 4.78 is 5.22. The minimum absolute atomic E-state index is 0.0123. The number of carbonyl (C=O) groups is 1. The van der Waals surface area contributed by atoms with E-state index in [0.29, 0.717) is 12.1 Å². The average molecular weight is 186 g/mol. The summed E-state index contributed by atoms with van der Waals surface area (Å²) in [6.45, 7) is 0. The van der Waals surface area contributed by atoms with Gasteiger partial charge in [-0.15, -0.1) is 0 Å². The van der Waals surface area contributed by atoms with Crippen LogP contribution in [0.5, 0.6) is 0 Å². The first-order valence-corrected chi connectivity index (χ1v) is 4.64. The third-order valence-corrected chi connectivity index (χ3v) is 2.45. The average Bonchev–Trinajstić information content (AvgIpc) is 2.52. The highest BCUT2D eigenvalue weighted by Gasteiger charge is 2.25. The molecule has 0 saturated heterocycles. The van der Waals surface area contributed by atoms with Gasteiger partial charge in [0.25, 0.3) is 0 Å². The Balaban J connectivity index is 2.28. The van der Waals surface area contributed by atoms with Crippen LogP contribution in [0.1, 0.15) is 19.3 Å². The molecule has 4 heteroatoms. The van der Waals surface area contributed by atoms with E-state index in [9.17, 15) is 4.79 Å². The fourth-order valence-electron chi connectivity index (χ4n) is 1.59. The largest absolute Gasteiger partial charge is 0.381 e. The van der Waals surface area contributed by atoms with E-state index < -0.39 is 0 Å². The van der Waals surface area contributed by atoms with Crippen molar-refractivity contribution in [2.45, 2.75) is 31.4 Å². The number of nitrogens with zero attached hydrogens (tertiary/aromatic N) is 1. The molecule has 1 N–H and O–H groups in total. The topological polar surface area (TPSA) is 41.6 Å². The van der Waals surface area contributed by atoms with Crippen LogP contribution in [0, 0.1) is 0 Å². The van der Waals surface area contributed by atoms with Crippen LogP contribution in [0.15, 0.2) is 0 Å². The molecule has 2 atom stereocenters. The molecule has 0 aromatic carbocycles. The first kappa shape index (κ1) is 10.3. The van der Waals surface area contributed by atoms with Gasteiger partial charge >= 0.3 is 6.03 Å². The standard InChI is InChI=1S/C9H18N2O2/c1-11(2)9(12)10-7-4-5-8(6-7)13-3/h7-8H,4-6H2,1-3H3,(H,10,12). The lowest BCUT2D eigenvalue weighted by Gasteiger charge is -2.17. The number of hydrogen-bond acceptors (Lipinski definition) is 2. The Labute approximate surface area is 79.2 Å². The molecular formula is C9H18N2O2. The molecular weight excluding hydrogens is 168 g/mol. The first-order chi connectivity index (χ1) is 6.13. The number of urea groups is 1. The number of carbonyl (C=O) groups excluding carboxylic acids is 1. The second-order valence-corrected chi connectivity index (χ2v) is 3.71. The highest BCUT2D eigenvalue weighted by Crippen LogP contribution is 2.21. The maximum absolute atomic E-state index is 11.3. The fourth-order valence-corrected chi connectivity index (χ4v) is 1.59. The van der Waals surface area contributed by atoms with Crippen molar-refractivity contribution in [2.75, 3.05) is 21.2 Å². The van der Waals surface area contributed by atoms with Gasteiger partial charge in [0.05, 0.1) is 6.10 Å². The molecule has 0 spiro atoms. The van der Waals surface area contributed by atoms with E-state index in [0.717, 1.165) is 19.3 Å². The van der Waals surface area contributed by atoms with Gasteiger partial charge in [-0.2, -0.15) is 0 Å². The quantitative estimate of drug-likeness (QED) is 0.694. The Morgan fingerprint density at radius 1 is 1.46 bits per heavy atom. The Bertz CT molecular complexity index is 182. The summed E-state index contributed by atoms with van der Waals surface area (Å²) in [6.07, 6.45) is 3.34. The SMILES string of the molecule is COC1CCC(NC(=O)N(C)C)C1. The van der Waals surface area contributed by atoms with Crippen LogP contribution in [0.4, 0.5) is 4.79 Å². The summed E-state index contributed by atoms with van der Waals surface area (Å²) in [4.78, 5) is 12.8. The van der Waals surface area contributed by atoms with Crippen LogP contribution < -0.4 is 5.32 Å². The van der Waals surface area contributed by atoms with Crippen LogP contribution in [0.2, 0.25) is 0 Å². The van der Waals surface area contributed by atoms with Crippen molar-refractivity contribution >= 4 is 6.03 Å². The molecule has 13 heavy (non-hydrogen) atoms. The lowest BCUT2D eigenvalue weighted by Crippen LogP contribution is -2.40. The molecule has 1 saturated carbocycles. The zero-order valence-electron chi connectivity index (χ0n) is 8.54. The van der Waals surface area contributed by atoms with Gasteiger partial charge in [0, 0.05) is 27.2 Å². The first-order valence-electron chi connectivity index (χ1n) is 4.64. The number of nitrogens with one attached hydrogen (secondary N) is 1. The highest BCUT2D eigenvalue weighted by molar-refractivity contribution is 5.73. The van der Waals surface area contributed by atoms with Crippen molar-refractivity contribution in [3.05, 3.63) is 0 Å². The van der Waals surface area contributed by atoms with Gasteiger partial charge in [0.15, 0.2) is 0 Å². The second-order valence-electron chi connectivity index (χ2n) is 3.71. The van der Waals surface area contributed by atoms with Crippen LogP contribution in [0.25, 0.3) is 0 Å². The number of rotatable bonds is 2. The Kier molecular flexibility index (Phi) is 3.54. The molecule has 0 aromatic rings. The van der Waals surface area contributed by atoms with E-state index >= 15 is 0 Å². The molecule has 0 aliphatic heterocycles. The van der Waals surface area contributed by atoms with Crippen LogP contribution in [-0.4, -0.2) is 44.3 Å². The molecule has 1 rings (SSSR count). The van der Waals surface area contributed by atoms with E-state index in [1.807, 2.05) is 0 Å². The zero-order chi connectivity index (χ0) is 9.84. The third-order valence-electron chi connectivity index (χ3n) is 2.45. The lowest BCUT2D eigenvalue weighted by molar-refractivity contribution is 0.107. The smallest absolute Gasteiger partial charge is 0.317 e. The summed E-state index contributed by atoms with van der Waals surface area (Å²) >= 11 is 0. The van der Waals surface area contributed by atoms with Crippen LogP contribution >= 0.6 is 0 Å². The van der Waals surface area contributed by atoms with Gasteiger partial charge in [0.1, 0.15) is 0 Å². The second kappa shape index (κ2) is 4.46. The molecule has 0 heterocycles. The van der Waals surface area contributed by atoms with E-state index in [4.69, 9.17) is 4.74 Å². The van der Waals surface area contributed by atoms with Gasteiger partial charge in [-0.1, -0.05) is 0 Å². The van der Waals surface area contributed by atoms with Gasteiger partial charge in [-0.3, -0.25) is 0 Å². The van der Waals surface area contributed by atoms with Crippen molar-refractivity contribution in [1.29, 1.82) is 0 Å². The highest BCUT2D eigenvalue weighted by atomic mass is 16.5. The molecule has 0 aromatic heterocycles. The van der Waals surface area contributed by atoms with Gasteiger partial charge in [-0.25, -0.2) is 4.79 Å². The number of ether oxygens (including phenoxy) is 1. The summed E-state index contributed by atoms with van der Waals surface area (Å²) in [5.41, 5.74) is 0. The molecule has 1 aliphatic rings. The summed E-state index contributed by atoms with van der Waals surface area (Å²) in [7, 11) is 5.22. The number of methoxy groups -OCH3 is 1. The number of hydrogen-bond donors (Lipinski definition) is 1. The molecule has 2 amide bonds. The Morgan fingerprint density at radius 3 is 2.62 bits per heavy atom. The fraction of sp³-hybridized carbons (Fsp3) is 0.889. The predicted molar refractivity (Wildman–Crippen MR) is 50.7 cm³/mol. The van der Waals surface area contributed by atoms with Crippen molar-refractivity contribution in [1.82, 2.24) is 10.2 Å². The molecule has 1 aliphatic carbocycles. The molecule has 0 radical (unpaired) electrons. The Morgan fingerprint density at radius 2 is 2.15 bits per heavy atom. The predicted octanol–water partition coefficient (Wildman–Crippen LogP) is 0.825. The zero-order valence-corrected chi connectivity index (χ0v) is 8.54. The van der Waals surface area contributed by atoms with Gasteiger partial charge < -0.3 is 15.0 Å². The summed E-state index contributed by atoms with van der Waals surface area (Å²) in [5, 5.41) is 2.95. The van der Waals surface area contributed by atoms with Gasteiger partial charge in [-0.05, 0) is 19.3 Å². The lowest BCUT2D eigenvalue weighted by atomic mass is 10.2.